The molecule has 0 saturated carbocycles. The predicted octanol–water partition coefficient (Wildman–Crippen LogP) is 4.21. The summed E-state index contributed by atoms with van der Waals surface area (Å²) in [6.07, 6.45) is 2.35. The number of hydrogen-bond donors (Lipinski definition) is 1. The van der Waals surface area contributed by atoms with E-state index in [2.05, 4.69) is 32.8 Å². The molecule has 4 heterocycles. The zero-order valence-corrected chi connectivity index (χ0v) is 20.8. The molecule has 0 bridgehead atoms. The molecule has 0 amide bonds. The highest BCUT2D eigenvalue weighted by Crippen LogP contribution is 2.35. The molecule has 1 N–H and O–H groups in total. The Kier molecular flexibility index (Phi) is 5.79. The van der Waals surface area contributed by atoms with Crippen molar-refractivity contribution in [1.82, 2.24) is 19.4 Å². The molecule has 37 heavy (non-hydrogen) atoms. The molecule has 2 aliphatic heterocycles. The number of carbonyl (C=O) groups is 1. The standard InChI is InChI=1S/C28H28FN5O3/c1-17-6-7-21-22(31-17)12-20(29)13-24(21)33-11-10-32(18(2)14-33)9-8-19-4-3-5-23-27(19)37-15-25-26(28(35)36)30-16-34(23)25/h3-7,12-13,16,18H,8-11,14-15H2,1-2H3,(H,35,36)/t18-/m0/s1. The van der Waals surface area contributed by atoms with E-state index in [1.807, 2.05) is 35.8 Å². The van der Waals surface area contributed by atoms with Gasteiger partial charge in [-0.05, 0) is 50.1 Å². The first kappa shape index (κ1) is 23.4. The Labute approximate surface area is 213 Å². The number of halogens is 1. The maximum atomic E-state index is 14.4. The lowest BCUT2D eigenvalue weighted by molar-refractivity contribution is 0.0687. The molecule has 1 fully saturated rings. The second kappa shape index (κ2) is 9.15. The van der Waals surface area contributed by atoms with E-state index in [1.54, 1.807) is 12.4 Å². The number of anilines is 1. The molecule has 8 nitrogen and oxygen atoms in total. The summed E-state index contributed by atoms with van der Waals surface area (Å²) >= 11 is 0. The molecule has 1 saturated heterocycles. The summed E-state index contributed by atoms with van der Waals surface area (Å²) in [6, 6.07) is 13.4. The predicted molar refractivity (Wildman–Crippen MR) is 138 cm³/mol. The SMILES string of the molecule is Cc1ccc2c(N3CCN(CCc4cccc5c4OCc4c(C(=O)O)ncn4-5)[C@@H](C)C3)cc(F)cc2n1. The van der Waals surface area contributed by atoms with Crippen LogP contribution < -0.4 is 9.64 Å². The first-order valence-electron chi connectivity index (χ1n) is 12.5. The van der Waals surface area contributed by atoms with E-state index < -0.39 is 5.97 Å². The third-order valence-corrected chi connectivity index (χ3v) is 7.42. The van der Waals surface area contributed by atoms with E-state index >= 15 is 0 Å². The lowest BCUT2D eigenvalue weighted by Gasteiger charge is -2.41. The normalized spacial score (nSPS) is 17.4. The van der Waals surface area contributed by atoms with Gasteiger partial charge in [-0.25, -0.2) is 14.2 Å². The number of nitrogens with zero attached hydrogens (tertiary/aromatic N) is 5. The van der Waals surface area contributed by atoms with Crippen molar-refractivity contribution in [2.24, 2.45) is 0 Å². The topological polar surface area (TPSA) is 83.7 Å². The van der Waals surface area contributed by atoms with E-state index in [9.17, 15) is 14.3 Å². The quantitative estimate of drug-likeness (QED) is 0.439. The average Bonchev–Trinajstić information content (AvgIpc) is 3.32. The molecule has 2 aliphatic rings. The minimum absolute atomic E-state index is 0.0275. The number of aromatic nitrogens is 3. The van der Waals surface area contributed by atoms with Gasteiger partial charge in [-0.2, -0.15) is 0 Å². The summed E-state index contributed by atoms with van der Waals surface area (Å²) in [6.45, 7) is 7.62. The van der Waals surface area contributed by atoms with E-state index in [0.29, 0.717) is 11.2 Å². The summed E-state index contributed by atoms with van der Waals surface area (Å²) in [7, 11) is 0. The van der Waals surface area contributed by atoms with Gasteiger partial charge in [0.1, 0.15) is 24.5 Å². The van der Waals surface area contributed by atoms with Gasteiger partial charge in [-0.3, -0.25) is 14.5 Å². The van der Waals surface area contributed by atoms with Crippen LogP contribution in [0, 0.1) is 12.7 Å². The number of piperazine rings is 1. The number of hydrogen-bond acceptors (Lipinski definition) is 6. The number of pyridine rings is 1. The van der Waals surface area contributed by atoms with Crippen molar-refractivity contribution in [3.63, 3.8) is 0 Å². The molecular formula is C28H28FN5O3. The van der Waals surface area contributed by atoms with Crippen molar-refractivity contribution in [2.75, 3.05) is 31.1 Å². The summed E-state index contributed by atoms with van der Waals surface area (Å²) in [5.41, 5.74) is 4.95. The average molecular weight is 502 g/mol. The molecule has 9 heteroatoms. The van der Waals surface area contributed by atoms with Gasteiger partial charge in [0.2, 0.25) is 0 Å². The Morgan fingerprint density at radius 1 is 1.19 bits per heavy atom. The highest BCUT2D eigenvalue weighted by molar-refractivity contribution is 5.92. The van der Waals surface area contributed by atoms with Crippen LogP contribution in [0.3, 0.4) is 0 Å². The Balaban J connectivity index is 1.17. The molecule has 0 unspecified atom stereocenters. The van der Waals surface area contributed by atoms with Gasteiger partial charge < -0.3 is 14.7 Å². The number of fused-ring (bicyclic) bond motifs is 4. The third kappa shape index (κ3) is 4.19. The van der Waals surface area contributed by atoms with Crippen molar-refractivity contribution in [3.05, 3.63) is 77.3 Å². The first-order chi connectivity index (χ1) is 17.9. The van der Waals surface area contributed by atoms with Gasteiger partial charge >= 0.3 is 5.97 Å². The van der Waals surface area contributed by atoms with Crippen LogP contribution >= 0.6 is 0 Å². The number of para-hydroxylation sites is 1. The van der Waals surface area contributed by atoms with Gasteiger partial charge in [-0.1, -0.05) is 12.1 Å². The van der Waals surface area contributed by atoms with Gasteiger partial charge in [0.15, 0.2) is 5.69 Å². The lowest BCUT2D eigenvalue weighted by Crippen LogP contribution is -2.52. The van der Waals surface area contributed by atoms with Gasteiger partial charge in [-0.15, -0.1) is 0 Å². The van der Waals surface area contributed by atoms with Gasteiger partial charge in [0.25, 0.3) is 0 Å². The number of aryl methyl sites for hydroxylation is 1. The van der Waals surface area contributed by atoms with Crippen LogP contribution in [-0.4, -0.2) is 62.7 Å². The molecule has 4 aromatic rings. The first-order valence-corrected chi connectivity index (χ1v) is 12.5. The monoisotopic (exact) mass is 501 g/mol. The smallest absolute Gasteiger partial charge is 0.356 e. The van der Waals surface area contributed by atoms with Crippen LogP contribution in [0.2, 0.25) is 0 Å². The van der Waals surface area contributed by atoms with E-state index in [0.717, 1.165) is 66.4 Å². The Hall–Kier alpha value is -3.98. The number of ether oxygens (including phenoxy) is 1. The number of benzene rings is 2. The van der Waals surface area contributed by atoms with Crippen LogP contribution in [-0.2, 0) is 13.0 Å². The van der Waals surface area contributed by atoms with Crippen molar-refractivity contribution in [1.29, 1.82) is 0 Å². The fraction of sp³-hybridized carbons (Fsp3) is 0.321. The summed E-state index contributed by atoms with van der Waals surface area (Å²) in [4.78, 5) is 24.8. The molecule has 1 atom stereocenters. The number of carboxylic acids is 1. The van der Waals surface area contributed by atoms with E-state index in [4.69, 9.17) is 4.74 Å². The highest BCUT2D eigenvalue weighted by atomic mass is 19.1. The Morgan fingerprint density at radius 3 is 2.86 bits per heavy atom. The fourth-order valence-electron chi connectivity index (χ4n) is 5.52. The van der Waals surface area contributed by atoms with Crippen molar-refractivity contribution < 1.29 is 19.0 Å². The minimum Gasteiger partial charge on any atom is -0.485 e. The molecule has 0 aliphatic carbocycles. The molecule has 2 aromatic heterocycles. The maximum Gasteiger partial charge on any atom is 0.356 e. The summed E-state index contributed by atoms with van der Waals surface area (Å²) in [5.74, 6) is -0.534. The number of imidazole rings is 1. The lowest BCUT2D eigenvalue weighted by atomic mass is 10.1. The molecular weight excluding hydrogens is 473 g/mol. The molecule has 2 aromatic carbocycles. The van der Waals surface area contributed by atoms with E-state index in [1.165, 1.54) is 6.07 Å². The van der Waals surface area contributed by atoms with E-state index in [-0.39, 0.29) is 24.2 Å². The second-order valence-electron chi connectivity index (χ2n) is 9.79. The molecule has 6 rings (SSSR count). The van der Waals surface area contributed by atoms with Crippen LogP contribution in [0.15, 0.2) is 48.8 Å². The largest absolute Gasteiger partial charge is 0.485 e. The van der Waals surface area contributed by atoms with Gasteiger partial charge in [0.05, 0.1) is 16.9 Å². The summed E-state index contributed by atoms with van der Waals surface area (Å²) in [5, 5.41) is 10.4. The maximum absolute atomic E-state index is 14.4. The van der Waals surface area contributed by atoms with Crippen molar-refractivity contribution in [3.8, 4) is 11.4 Å². The Morgan fingerprint density at radius 2 is 2.05 bits per heavy atom. The van der Waals surface area contributed by atoms with Crippen molar-refractivity contribution in [2.45, 2.75) is 32.9 Å². The Bertz CT molecular complexity index is 1510. The zero-order valence-electron chi connectivity index (χ0n) is 20.8. The third-order valence-electron chi connectivity index (χ3n) is 7.42. The van der Waals surface area contributed by atoms with Gasteiger partial charge in [0, 0.05) is 55.1 Å². The summed E-state index contributed by atoms with van der Waals surface area (Å²) < 4.78 is 22.3. The van der Waals surface area contributed by atoms with Crippen LogP contribution in [0.1, 0.15) is 34.4 Å². The number of aromatic carboxylic acids is 1. The highest BCUT2D eigenvalue weighted by Gasteiger charge is 2.28. The fourth-order valence-corrected chi connectivity index (χ4v) is 5.52. The molecule has 190 valence electrons. The van der Waals surface area contributed by atoms with Crippen molar-refractivity contribution >= 4 is 22.6 Å². The van der Waals surface area contributed by atoms with Crippen LogP contribution in [0.25, 0.3) is 16.6 Å². The number of rotatable bonds is 5. The van der Waals surface area contributed by atoms with Crippen LogP contribution in [0.5, 0.6) is 5.75 Å². The zero-order chi connectivity index (χ0) is 25.7. The molecule has 0 spiro atoms. The molecule has 0 radical (unpaired) electrons. The second-order valence-corrected chi connectivity index (χ2v) is 9.79. The number of carboxylic acid groups (broad SMARTS) is 1. The van der Waals surface area contributed by atoms with Crippen LogP contribution in [0.4, 0.5) is 10.1 Å². The minimum atomic E-state index is -1.05.